The number of nitrogens with zero attached hydrogens (tertiary/aromatic N) is 3. The Balaban J connectivity index is 1.15. The third-order valence-electron chi connectivity index (χ3n) is 7.82. The van der Waals surface area contributed by atoms with Gasteiger partial charge in [-0.1, -0.05) is 40.9 Å². The van der Waals surface area contributed by atoms with Crippen molar-refractivity contribution in [1.82, 2.24) is 25.2 Å². The minimum Gasteiger partial charge on any atom is -0.367 e. The normalized spacial score (nSPS) is 19.6. The number of benzene rings is 1. The Hall–Kier alpha value is -2.84. The first-order valence-electron chi connectivity index (χ1n) is 13.3. The van der Waals surface area contributed by atoms with Crippen LogP contribution in [0.1, 0.15) is 31.2 Å². The monoisotopic (exact) mass is 582 g/mol. The van der Waals surface area contributed by atoms with E-state index in [9.17, 15) is 4.79 Å². The van der Waals surface area contributed by atoms with Gasteiger partial charge in [-0.3, -0.25) is 4.79 Å². The summed E-state index contributed by atoms with van der Waals surface area (Å²) in [6, 6.07) is 13.8. The largest absolute Gasteiger partial charge is 0.367 e. The van der Waals surface area contributed by atoms with E-state index in [0.29, 0.717) is 21.7 Å². The summed E-state index contributed by atoms with van der Waals surface area (Å²) in [5.41, 5.74) is 3.78. The molecule has 1 amide bonds. The minimum absolute atomic E-state index is 0.0284. The van der Waals surface area contributed by atoms with Gasteiger partial charge in [0.15, 0.2) is 0 Å². The van der Waals surface area contributed by atoms with Crippen LogP contribution in [-0.4, -0.2) is 50.9 Å². The number of rotatable bonds is 7. The first kappa shape index (κ1) is 26.4. The van der Waals surface area contributed by atoms with Gasteiger partial charge in [-0.15, -0.1) is 0 Å². The highest BCUT2D eigenvalue weighted by Gasteiger charge is 2.35. The maximum atomic E-state index is 13.4. The molecule has 4 aromatic rings. The molecule has 1 saturated carbocycles. The molecule has 10 heteroatoms. The molecule has 1 aromatic carbocycles. The summed E-state index contributed by atoms with van der Waals surface area (Å²) in [5.74, 6) is 0.979. The lowest BCUT2D eigenvalue weighted by Gasteiger charge is -2.41. The summed E-state index contributed by atoms with van der Waals surface area (Å²) < 4.78 is 0. The molecule has 1 aliphatic heterocycles. The fourth-order valence-electron chi connectivity index (χ4n) is 5.58. The highest BCUT2D eigenvalue weighted by Crippen LogP contribution is 2.33. The van der Waals surface area contributed by atoms with Crippen molar-refractivity contribution in [2.45, 2.75) is 44.3 Å². The van der Waals surface area contributed by atoms with Crippen LogP contribution in [0.3, 0.4) is 0 Å². The SMILES string of the molecule is O=C(C1CNC1)N(Cc1ccc(Cl)cc1Cl)C1CCC(Nc2cc(-c3c[nH]c4ncccc34)cc(Cl)n2)CC1. The van der Waals surface area contributed by atoms with Crippen LogP contribution in [0.15, 0.2) is 54.9 Å². The fourth-order valence-corrected chi connectivity index (χ4v) is 6.26. The summed E-state index contributed by atoms with van der Waals surface area (Å²) in [6.07, 6.45) is 7.37. The van der Waals surface area contributed by atoms with E-state index in [-0.39, 0.29) is 23.9 Å². The van der Waals surface area contributed by atoms with Gasteiger partial charge in [-0.25, -0.2) is 9.97 Å². The van der Waals surface area contributed by atoms with Crippen LogP contribution in [0, 0.1) is 5.92 Å². The number of carbonyl (C=O) groups is 1. The molecule has 0 spiro atoms. The van der Waals surface area contributed by atoms with E-state index >= 15 is 0 Å². The maximum absolute atomic E-state index is 13.4. The van der Waals surface area contributed by atoms with Gasteiger partial charge in [-0.2, -0.15) is 0 Å². The van der Waals surface area contributed by atoms with E-state index in [0.717, 1.165) is 72.3 Å². The van der Waals surface area contributed by atoms with Gasteiger partial charge in [-0.05, 0) is 73.2 Å². The smallest absolute Gasteiger partial charge is 0.228 e. The standard InChI is InChI=1S/C29H29Cl3N6O/c30-20-4-3-17(25(31)12-20)16-38(29(39)19-13-33-14-19)22-7-5-21(6-8-22)36-27-11-18(10-26(32)37-27)24-15-35-28-23(24)2-1-9-34-28/h1-4,9-12,15,19,21-22,33H,5-8,13-14,16H2,(H,34,35)(H,36,37). The molecule has 202 valence electrons. The number of hydrogen-bond acceptors (Lipinski definition) is 5. The molecular formula is C29H29Cl3N6O. The molecule has 3 N–H and O–H groups in total. The van der Waals surface area contributed by atoms with Crippen molar-refractivity contribution < 1.29 is 4.79 Å². The van der Waals surface area contributed by atoms with Crippen molar-refractivity contribution in [2.24, 2.45) is 5.92 Å². The summed E-state index contributed by atoms with van der Waals surface area (Å²) in [4.78, 5) is 27.6. The van der Waals surface area contributed by atoms with Crippen molar-refractivity contribution in [3.8, 4) is 11.1 Å². The number of hydrogen-bond donors (Lipinski definition) is 3. The van der Waals surface area contributed by atoms with E-state index in [1.54, 1.807) is 12.3 Å². The highest BCUT2D eigenvalue weighted by molar-refractivity contribution is 6.35. The second-order valence-corrected chi connectivity index (χ2v) is 11.6. The first-order chi connectivity index (χ1) is 18.9. The lowest BCUT2D eigenvalue weighted by Crippen LogP contribution is -2.54. The summed E-state index contributed by atoms with van der Waals surface area (Å²) in [6.45, 7) is 1.96. The van der Waals surface area contributed by atoms with Crippen molar-refractivity contribution in [2.75, 3.05) is 18.4 Å². The van der Waals surface area contributed by atoms with Gasteiger partial charge < -0.3 is 20.5 Å². The number of aromatic amines is 1. The van der Waals surface area contributed by atoms with Crippen LogP contribution in [0.2, 0.25) is 15.2 Å². The van der Waals surface area contributed by atoms with Crippen LogP contribution in [0.4, 0.5) is 5.82 Å². The van der Waals surface area contributed by atoms with Crippen molar-refractivity contribution in [3.05, 3.63) is 75.6 Å². The molecule has 4 heterocycles. The molecule has 0 bridgehead atoms. The predicted molar refractivity (Wildman–Crippen MR) is 157 cm³/mol. The molecule has 1 saturated heterocycles. The number of H-pyrrole nitrogens is 1. The van der Waals surface area contributed by atoms with Crippen LogP contribution in [0.5, 0.6) is 0 Å². The van der Waals surface area contributed by atoms with Gasteiger partial charge in [0.25, 0.3) is 0 Å². The van der Waals surface area contributed by atoms with Crippen molar-refractivity contribution >= 4 is 57.6 Å². The third kappa shape index (κ3) is 5.73. The van der Waals surface area contributed by atoms with Crippen LogP contribution < -0.4 is 10.6 Å². The summed E-state index contributed by atoms with van der Waals surface area (Å²) in [7, 11) is 0. The van der Waals surface area contributed by atoms with Gasteiger partial charge >= 0.3 is 0 Å². The zero-order chi connectivity index (χ0) is 26.9. The van der Waals surface area contributed by atoms with Gasteiger partial charge in [0.2, 0.25) is 5.91 Å². The zero-order valence-electron chi connectivity index (χ0n) is 21.3. The van der Waals surface area contributed by atoms with Crippen LogP contribution >= 0.6 is 34.8 Å². The Kier molecular flexibility index (Phi) is 7.67. The average molecular weight is 584 g/mol. The van der Waals surface area contributed by atoms with E-state index < -0.39 is 0 Å². The quantitative estimate of drug-likeness (QED) is 0.215. The van der Waals surface area contributed by atoms with Crippen molar-refractivity contribution in [1.29, 1.82) is 0 Å². The molecule has 7 nitrogen and oxygen atoms in total. The number of pyridine rings is 2. The fraction of sp³-hybridized carbons (Fsp3) is 0.345. The number of halogens is 3. The Morgan fingerprint density at radius 3 is 2.62 bits per heavy atom. The molecule has 0 radical (unpaired) electrons. The first-order valence-corrected chi connectivity index (χ1v) is 14.4. The Labute approximate surface area is 242 Å². The van der Waals surface area contributed by atoms with E-state index in [4.69, 9.17) is 34.8 Å². The van der Waals surface area contributed by atoms with E-state index in [1.807, 2.05) is 47.5 Å². The molecule has 0 atom stereocenters. The number of aromatic nitrogens is 3. The molecule has 1 aliphatic carbocycles. The summed E-state index contributed by atoms with van der Waals surface area (Å²) in [5, 5.41) is 9.49. The zero-order valence-corrected chi connectivity index (χ0v) is 23.5. The molecule has 3 aromatic heterocycles. The van der Waals surface area contributed by atoms with E-state index in [2.05, 4.69) is 25.6 Å². The number of anilines is 1. The maximum Gasteiger partial charge on any atom is 0.228 e. The summed E-state index contributed by atoms with van der Waals surface area (Å²) >= 11 is 19.0. The molecule has 0 unspecified atom stereocenters. The second kappa shape index (κ2) is 11.3. The number of carbonyl (C=O) groups excluding carboxylic acids is 1. The Morgan fingerprint density at radius 2 is 1.87 bits per heavy atom. The van der Waals surface area contributed by atoms with Crippen LogP contribution in [-0.2, 0) is 11.3 Å². The van der Waals surface area contributed by atoms with E-state index in [1.165, 1.54) is 0 Å². The van der Waals surface area contributed by atoms with Crippen molar-refractivity contribution in [3.63, 3.8) is 0 Å². The topological polar surface area (TPSA) is 85.9 Å². The third-order valence-corrected chi connectivity index (χ3v) is 8.60. The molecule has 2 aliphatic rings. The lowest BCUT2D eigenvalue weighted by atomic mass is 9.88. The number of nitrogens with one attached hydrogen (secondary N) is 3. The number of amides is 1. The molecule has 6 rings (SSSR count). The van der Waals surface area contributed by atoms with Gasteiger partial charge in [0.1, 0.15) is 16.6 Å². The number of fused-ring (bicyclic) bond motifs is 1. The lowest BCUT2D eigenvalue weighted by molar-refractivity contribution is -0.141. The highest BCUT2D eigenvalue weighted by atomic mass is 35.5. The Morgan fingerprint density at radius 1 is 1.05 bits per heavy atom. The molecular weight excluding hydrogens is 555 g/mol. The Bertz CT molecular complexity index is 1500. The minimum atomic E-state index is 0.0284. The van der Waals surface area contributed by atoms with Gasteiger partial charge in [0, 0.05) is 65.1 Å². The molecule has 39 heavy (non-hydrogen) atoms. The predicted octanol–water partition coefficient (Wildman–Crippen LogP) is 6.56. The average Bonchev–Trinajstić information content (AvgIpc) is 3.32. The van der Waals surface area contributed by atoms with Gasteiger partial charge in [0.05, 0.1) is 5.92 Å². The molecule has 2 fully saturated rings. The second-order valence-electron chi connectivity index (χ2n) is 10.4. The van der Waals surface area contributed by atoms with Crippen LogP contribution in [0.25, 0.3) is 22.2 Å².